The molecule has 7 aliphatic heterocycles. The van der Waals surface area contributed by atoms with Crippen LogP contribution >= 0.6 is 23.2 Å². The highest BCUT2D eigenvalue weighted by Gasteiger charge is 2.58. The Hall–Kier alpha value is -5.94. The molecule has 13 rings (SSSR count). The normalized spacial score (nSPS) is 24.8. The number of pyridine rings is 2. The van der Waals surface area contributed by atoms with Crippen LogP contribution in [-0.4, -0.2) is 148 Å². The van der Waals surface area contributed by atoms with Crippen LogP contribution in [0.3, 0.4) is 0 Å². The largest absolute Gasteiger partial charge is 0.381 e. The number of halogens is 6. The number of hydrogen-bond donors (Lipinski definition) is 0. The minimum atomic E-state index is -0.859. The molecule has 23 heteroatoms. The molecule has 5 fully saturated rings. The summed E-state index contributed by atoms with van der Waals surface area (Å²) in [6, 6.07) is 11.4. The van der Waals surface area contributed by atoms with Gasteiger partial charge in [0.2, 0.25) is 11.8 Å². The topological polar surface area (TPSA) is 162 Å². The van der Waals surface area contributed by atoms with Gasteiger partial charge in [-0.15, -0.1) is 0 Å². The summed E-state index contributed by atoms with van der Waals surface area (Å²) in [5, 5.41) is 10.5. The first-order valence-corrected chi connectivity index (χ1v) is 32.5. The lowest BCUT2D eigenvalue weighted by Crippen LogP contribution is -2.49. The van der Waals surface area contributed by atoms with Gasteiger partial charge in [0.15, 0.2) is 5.82 Å². The van der Waals surface area contributed by atoms with Gasteiger partial charge in [-0.1, -0.05) is 35.3 Å². The van der Waals surface area contributed by atoms with E-state index in [9.17, 15) is 13.6 Å². The lowest BCUT2D eigenvalue weighted by molar-refractivity contribution is -0.152. The Kier molecular flexibility index (Phi) is 16.5. The number of aromatic nitrogens is 8. The Morgan fingerprint density at radius 3 is 1.68 bits per heavy atom. The summed E-state index contributed by atoms with van der Waals surface area (Å²) in [6.07, 6.45) is 6.27. The number of rotatable bonds is 13. The van der Waals surface area contributed by atoms with Gasteiger partial charge in [-0.2, -0.15) is 10.2 Å². The number of likely N-dealkylation sites (tertiary alicyclic amines) is 4. The van der Waals surface area contributed by atoms with Gasteiger partial charge in [-0.3, -0.25) is 34.0 Å². The summed E-state index contributed by atoms with van der Waals surface area (Å²) in [7, 11) is 1.83. The van der Waals surface area contributed by atoms with Gasteiger partial charge in [0, 0.05) is 126 Å². The number of carbonyl (C=O) groups excluding carboxylic acids is 2. The monoisotopic (exact) mass is 1280 g/mol. The van der Waals surface area contributed by atoms with Crippen molar-refractivity contribution in [1.82, 2.24) is 59.1 Å². The van der Waals surface area contributed by atoms with Gasteiger partial charge in [0.25, 0.3) is 0 Å². The number of hydrogen-bond acceptors (Lipinski definition) is 13. The number of fused-ring (bicyclic) bond motifs is 4. The summed E-state index contributed by atoms with van der Waals surface area (Å²) < 4.78 is 84.3. The average Bonchev–Trinajstić information content (AvgIpc) is 1.57. The lowest BCUT2D eigenvalue weighted by atomic mass is 9.80. The van der Waals surface area contributed by atoms with E-state index in [1.807, 2.05) is 47.5 Å². The second-order valence-corrected chi connectivity index (χ2v) is 29.0. The van der Waals surface area contributed by atoms with Gasteiger partial charge in [0.05, 0.1) is 67.7 Å². The molecule has 0 N–H and O–H groups in total. The van der Waals surface area contributed by atoms with Crippen molar-refractivity contribution in [2.24, 2.45) is 18.9 Å². The maximum Gasteiger partial charge on any atom is 0.227 e. The zero-order valence-corrected chi connectivity index (χ0v) is 54.2. The van der Waals surface area contributed by atoms with Crippen LogP contribution in [0.1, 0.15) is 167 Å². The van der Waals surface area contributed by atoms with Crippen LogP contribution in [0.2, 0.25) is 10.0 Å². The van der Waals surface area contributed by atoms with Crippen molar-refractivity contribution in [2.45, 2.75) is 165 Å². The SMILES string of the molecule is Cc1nc2c(cc1Cl)C(C(C)(C)c1ncn(C)n1)OC21CCN(C(=O)[C@@H]2CN(C(C)(C)CCn3ncnc3C(C)(C)C3OC4(CCN(C(=O)[C@@H]5CN(C6CCOCC6)C[C@H]5c5ccc(F)cc5F)CC4)c4nc(C)c(Cl)cc43)C[C@H]2c2ccc(F)cc2F)CC1. The van der Waals surface area contributed by atoms with Crippen LogP contribution in [0.4, 0.5) is 17.6 Å². The fourth-order valence-electron chi connectivity index (χ4n) is 16.0. The maximum absolute atomic E-state index is 16.1. The predicted octanol–water partition coefficient (Wildman–Crippen LogP) is 10.9. The smallest absolute Gasteiger partial charge is 0.227 e. The number of amides is 2. The molecule has 2 spiro atoms. The van der Waals surface area contributed by atoms with Gasteiger partial charge in [0.1, 0.15) is 53.0 Å². The van der Waals surface area contributed by atoms with Crippen LogP contribution in [0.15, 0.2) is 61.2 Å². The van der Waals surface area contributed by atoms with E-state index in [0.717, 1.165) is 47.5 Å². The lowest BCUT2D eigenvalue weighted by Gasteiger charge is -2.42. The summed E-state index contributed by atoms with van der Waals surface area (Å²) in [4.78, 5) is 58.1. The number of piperidine rings is 2. The molecule has 0 radical (unpaired) electrons. The number of aryl methyl sites for hydroxylation is 4. The molecule has 7 aliphatic rings. The molecule has 6 atom stereocenters. The van der Waals surface area contributed by atoms with Crippen LogP contribution in [-0.2, 0) is 59.4 Å². The van der Waals surface area contributed by atoms with E-state index < -0.39 is 86.7 Å². The standard InChI is InChI=1S/C67H80Cl2F4N12O5/c1-38-51(68)30-45-55(77-38)66(89-57(45)64(5,6)61-75-37-80(9)79-61)17-23-82(24-18-66)60(87)50-35-84(34-48(50)44-13-11-41(71)29-54(44)73)63(3,4)16-25-85-62(74-36-76-85)65(7,8)58-46-31-52(69)39(2)78-56(46)67(90-58)19-21-81(22-20-67)59(86)49-33-83(42-14-26-88-27-15-42)32-47(49)43-12-10-40(70)28-53(43)72/h10-13,28-31,36-37,42,47-50,57-58H,14-27,32-35H2,1-9H3/t47-,48-,49+,50+,57?,58?/m0/s1. The van der Waals surface area contributed by atoms with Crippen molar-refractivity contribution in [3.05, 3.63) is 151 Å². The Morgan fingerprint density at radius 2 is 1.17 bits per heavy atom. The highest BCUT2D eigenvalue weighted by molar-refractivity contribution is 6.31. The molecule has 17 nitrogen and oxygen atoms in total. The highest BCUT2D eigenvalue weighted by Crippen LogP contribution is 2.57. The third-order valence-electron chi connectivity index (χ3n) is 21.4. The predicted molar refractivity (Wildman–Crippen MR) is 329 cm³/mol. The number of ether oxygens (including phenoxy) is 3. The first-order chi connectivity index (χ1) is 42.8. The molecule has 2 aromatic carbocycles. The molecule has 90 heavy (non-hydrogen) atoms. The van der Waals surface area contributed by atoms with E-state index in [2.05, 4.69) is 61.4 Å². The van der Waals surface area contributed by atoms with E-state index in [1.165, 1.54) is 24.3 Å². The third kappa shape index (κ3) is 11.0. The van der Waals surface area contributed by atoms with Crippen molar-refractivity contribution in [2.75, 3.05) is 65.6 Å². The van der Waals surface area contributed by atoms with Crippen LogP contribution in [0.25, 0.3) is 0 Å². The van der Waals surface area contributed by atoms with Crippen LogP contribution < -0.4 is 0 Å². The van der Waals surface area contributed by atoms with Crippen molar-refractivity contribution in [3.8, 4) is 0 Å². The number of nitrogens with zero attached hydrogens (tertiary/aromatic N) is 12. The molecular formula is C67H80Cl2F4N12O5. The Bertz CT molecular complexity index is 3750. The minimum absolute atomic E-state index is 0.0519. The van der Waals surface area contributed by atoms with Crippen molar-refractivity contribution < 1.29 is 41.4 Å². The maximum atomic E-state index is 16.1. The minimum Gasteiger partial charge on any atom is -0.381 e. The molecule has 0 bridgehead atoms. The van der Waals surface area contributed by atoms with Gasteiger partial charge in [-0.25, -0.2) is 32.2 Å². The second kappa shape index (κ2) is 23.6. The molecule has 2 unspecified atom stereocenters. The summed E-state index contributed by atoms with van der Waals surface area (Å²) >= 11 is 13.7. The number of carbonyl (C=O) groups is 2. The fraction of sp³-hybridized carbons (Fsp3) is 0.582. The van der Waals surface area contributed by atoms with Crippen LogP contribution in [0.5, 0.6) is 0 Å². The molecule has 0 aliphatic carbocycles. The molecule has 4 aromatic heterocycles. The van der Waals surface area contributed by atoms with E-state index in [0.29, 0.717) is 148 Å². The summed E-state index contributed by atoms with van der Waals surface area (Å²) in [5.74, 6) is -3.69. The molecule has 11 heterocycles. The number of benzene rings is 2. The summed E-state index contributed by atoms with van der Waals surface area (Å²) in [6.45, 7) is 21.2. The van der Waals surface area contributed by atoms with Crippen LogP contribution in [0, 0.1) is 49.0 Å². The van der Waals surface area contributed by atoms with Crippen molar-refractivity contribution in [1.29, 1.82) is 0 Å². The zero-order valence-electron chi connectivity index (χ0n) is 52.7. The second-order valence-electron chi connectivity index (χ2n) is 28.1. The van der Waals surface area contributed by atoms with E-state index >= 15 is 13.6 Å². The molecule has 0 saturated carbocycles. The zero-order chi connectivity index (χ0) is 63.6. The molecule has 5 saturated heterocycles. The Balaban J connectivity index is 0.707. The third-order valence-corrected chi connectivity index (χ3v) is 22.2. The first-order valence-electron chi connectivity index (χ1n) is 31.8. The molecular weight excluding hydrogens is 1200 g/mol. The summed E-state index contributed by atoms with van der Waals surface area (Å²) in [5.41, 5.74) is 1.67. The van der Waals surface area contributed by atoms with Gasteiger partial charge < -0.3 is 24.0 Å². The quantitative estimate of drug-likeness (QED) is 0.101. The van der Waals surface area contributed by atoms with Gasteiger partial charge in [-0.05, 0) is 136 Å². The van der Waals surface area contributed by atoms with Gasteiger partial charge >= 0.3 is 0 Å². The highest BCUT2D eigenvalue weighted by atomic mass is 35.5. The molecule has 2 amide bonds. The van der Waals surface area contributed by atoms with Crippen molar-refractivity contribution in [3.63, 3.8) is 0 Å². The molecule has 6 aromatic rings. The van der Waals surface area contributed by atoms with E-state index in [4.69, 9.17) is 57.5 Å². The van der Waals surface area contributed by atoms with E-state index in [-0.39, 0.29) is 17.9 Å². The average molecular weight is 1280 g/mol. The Morgan fingerprint density at radius 1 is 0.656 bits per heavy atom. The fourth-order valence-corrected chi connectivity index (χ4v) is 16.3. The van der Waals surface area contributed by atoms with E-state index in [1.54, 1.807) is 17.3 Å². The Labute approximate surface area is 533 Å². The molecule has 480 valence electrons. The first kappa shape index (κ1) is 62.8. The van der Waals surface area contributed by atoms with Crippen molar-refractivity contribution >= 4 is 35.0 Å².